The van der Waals surface area contributed by atoms with Crippen LogP contribution < -0.4 is 10.1 Å². The average Bonchev–Trinajstić information content (AvgIpc) is 3.23. The van der Waals surface area contributed by atoms with Crippen molar-refractivity contribution >= 4 is 23.2 Å². The number of nitrogens with one attached hydrogen (secondary N) is 1. The van der Waals surface area contributed by atoms with E-state index in [-0.39, 0.29) is 25.0 Å². The lowest BCUT2D eigenvalue weighted by atomic mass is 9.81. The van der Waals surface area contributed by atoms with Gasteiger partial charge in [-0.25, -0.2) is 0 Å². The van der Waals surface area contributed by atoms with Gasteiger partial charge in [0.15, 0.2) is 6.61 Å². The molecule has 3 atom stereocenters. The van der Waals surface area contributed by atoms with E-state index in [2.05, 4.69) is 5.32 Å². The molecule has 0 aliphatic carbocycles. The number of rotatable bonds is 7. The first kappa shape index (κ1) is 21.3. The van der Waals surface area contributed by atoms with E-state index in [1.54, 1.807) is 24.0 Å². The fraction of sp³-hybridized carbons (Fsp3) is 0.429. The molecule has 0 radical (unpaired) electrons. The van der Waals surface area contributed by atoms with Crippen LogP contribution in [0.25, 0.3) is 0 Å². The fourth-order valence-electron chi connectivity index (χ4n) is 3.54. The van der Waals surface area contributed by atoms with Gasteiger partial charge in [0, 0.05) is 18.5 Å². The van der Waals surface area contributed by atoms with Crippen LogP contribution in [-0.2, 0) is 14.3 Å². The molecule has 8 heteroatoms. The summed E-state index contributed by atoms with van der Waals surface area (Å²) in [5.41, 5.74) is -1.17. The van der Waals surface area contributed by atoms with Gasteiger partial charge >= 0.3 is 0 Å². The molecule has 0 saturated carbocycles. The van der Waals surface area contributed by atoms with Crippen molar-refractivity contribution < 1.29 is 24.2 Å². The largest absolute Gasteiger partial charge is 0.484 e. The smallest absolute Gasteiger partial charge is 0.261 e. The zero-order chi connectivity index (χ0) is 20.9. The third kappa shape index (κ3) is 5.14. The van der Waals surface area contributed by atoms with Crippen LogP contribution in [0.15, 0.2) is 47.8 Å². The summed E-state index contributed by atoms with van der Waals surface area (Å²) < 4.78 is 10.5. The molecule has 3 rings (SSSR count). The monoisotopic (exact) mass is 418 g/mol. The van der Waals surface area contributed by atoms with Gasteiger partial charge in [-0.3, -0.25) is 9.59 Å². The number of piperidine rings is 1. The Hall–Kier alpha value is -2.42. The van der Waals surface area contributed by atoms with Gasteiger partial charge in [-0.2, -0.15) is 0 Å². The predicted molar refractivity (Wildman–Crippen MR) is 110 cm³/mol. The second kappa shape index (κ2) is 9.39. The summed E-state index contributed by atoms with van der Waals surface area (Å²) in [6.45, 7) is 1.82. The Morgan fingerprint density at radius 1 is 1.24 bits per heavy atom. The molecule has 3 unspecified atom stereocenters. The summed E-state index contributed by atoms with van der Waals surface area (Å²) in [5.74, 6) is 0.0744. The zero-order valence-electron chi connectivity index (χ0n) is 16.5. The van der Waals surface area contributed by atoms with Crippen molar-refractivity contribution in [1.82, 2.24) is 10.2 Å². The van der Waals surface area contributed by atoms with Crippen LogP contribution in [0.2, 0.25) is 0 Å². The van der Waals surface area contributed by atoms with Crippen LogP contribution in [-0.4, -0.2) is 60.3 Å². The Morgan fingerprint density at radius 3 is 2.66 bits per heavy atom. The van der Waals surface area contributed by atoms with Gasteiger partial charge in [0.2, 0.25) is 5.91 Å². The first-order valence-corrected chi connectivity index (χ1v) is 10.3. The maximum absolute atomic E-state index is 13.0. The van der Waals surface area contributed by atoms with Gasteiger partial charge < -0.3 is 24.8 Å². The summed E-state index contributed by atoms with van der Waals surface area (Å²) >= 11 is 1.48. The van der Waals surface area contributed by atoms with Crippen molar-refractivity contribution in [1.29, 1.82) is 0 Å². The highest BCUT2D eigenvalue weighted by molar-refractivity contribution is 7.10. The molecule has 0 bridgehead atoms. The second-order valence-electron chi connectivity index (χ2n) is 7.23. The van der Waals surface area contributed by atoms with Gasteiger partial charge in [0.05, 0.1) is 17.7 Å². The molecule has 1 saturated heterocycles. The minimum absolute atomic E-state index is 0.116. The van der Waals surface area contributed by atoms with Crippen molar-refractivity contribution in [2.24, 2.45) is 0 Å². The van der Waals surface area contributed by atoms with Crippen LogP contribution >= 0.6 is 11.3 Å². The highest BCUT2D eigenvalue weighted by Gasteiger charge is 2.48. The quantitative estimate of drug-likeness (QED) is 0.718. The Labute approximate surface area is 174 Å². The molecule has 2 heterocycles. The van der Waals surface area contributed by atoms with Crippen LogP contribution in [0, 0.1) is 0 Å². The molecule has 29 heavy (non-hydrogen) atoms. The van der Waals surface area contributed by atoms with Crippen LogP contribution in [0.1, 0.15) is 24.3 Å². The first-order valence-electron chi connectivity index (χ1n) is 9.44. The number of nitrogens with zero attached hydrogens (tertiary/aromatic N) is 1. The fourth-order valence-corrected chi connectivity index (χ4v) is 4.42. The molecule has 0 spiro atoms. The zero-order valence-corrected chi connectivity index (χ0v) is 17.4. The Balaban J connectivity index is 1.83. The van der Waals surface area contributed by atoms with E-state index in [1.807, 2.05) is 35.7 Å². The Bertz CT molecular complexity index is 810. The molecule has 1 aliphatic rings. The first-order chi connectivity index (χ1) is 13.9. The number of carbonyl (C=O) groups excluding carboxylic acids is 2. The number of benzene rings is 1. The molecule has 156 valence electrons. The number of thiophene rings is 1. The highest BCUT2D eigenvalue weighted by Crippen LogP contribution is 2.38. The van der Waals surface area contributed by atoms with Crippen LogP contribution in [0.3, 0.4) is 0 Å². The molecule has 7 nitrogen and oxygen atoms in total. The van der Waals surface area contributed by atoms with Gasteiger partial charge in [-0.15, -0.1) is 11.3 Å². The molecule has 2 aromatic rings. The highest BCUT2D eigenvalue weighted by atomic mass is 32.1. The second-order valence-corrected chi connectivity index (χ2v) is 8.21. The topological polar surface area (TPSA) is 88.1 Å². The Morgan fingerprint density at radius 2 is 2.00 bits per heavy atom. The van der Waals surface area contributed by atoms with Gasteiger partial charge in [0.25, 0.3) is 5.91 Å². The molecule has 1 aliphatic heterocycles. The summed E-state index contributed by atoms with van der Waals surface area (Å²) in [4.78, 5) is 27.8. The van der Waals surface area contributed by atoms with E-state index in [0.717, 1.165) is 4.88 Å². The van der Waals surface area contributed by atoms with E-state index < -0.39 is 17.7 Å². The minimum atomic E-state index is -1.17. The van der Waals surface area contributed by atoms with Crippen molar-refractivity contribution in [3.8, 4) is 5.75 Å². The third-order valence-electron chi connectivity index (χ3n) is 5.03. The SMILES string of the molecule is COCC(=O)NC1C(c2cccs2)N(C(=O)COc2ccccc2)CCC1(C)O. The van der Waals surface area contributed by atoms with Crippen molar-refractivity contribution in [3.05, 3.63) is 52.7 Å². The predicted octanol–water partition coefficient (Wildman–Crippen LogP) is 1.98. The number of likely N-dealkylation sites (tertiary alicyclic amines) is 1. The lowest BCUT2D eigenvalue weighted by Crippen LogP contribution is -2.64. The molecule has 1 aromatic heterocycles. The lowest BCUT2D eigenvalue weighted by Gasteiger charge is -2.48. The van der Waals surface area contributed by atoms with E-state index in [0.29, 0.717) is 18.7 Å². The summed E-state index contributed by atoms with van der Waals surface area (Å²) in [6.07, 6.45) is 0.337. The molecular weight excluding hydrogens is 392 g/mol. The molecule has 2 amide bonds. The number of amides is 2. The van der Waals surface area contributed by atoms with Gasteiger partial charge in [0.1, 0.15) is 12.4 Å². The average molecular weight is 419 g/mol. The summed E-state index contributed by atoms with van der Waals surface area (Å²) in [6, 6.07) is 11.8. The number of methoxy groups -OCH3 is 1. The summed E-state index contributed by atoms with van der Waals surface area (Å²) in [7, 11) is 1.44. The van der Waals surface area contributed by atoms with Crippen molar-refractivity contribution in [2.75, 3.05) is 26.9 Å². The van der Waals surface area contributed by atoms with Crippen molar-refractivity contribution in [2.45, 2.75) is 31.0 Å². The van der Waals surface area contributed by atoms with Gasteiger partial charge in [-0.05, 0) is 36.9 Å². The van der Waals surface area contributed by atoms with E-state index in [1.165, 1.54) is 18.4 Å². The maximum Gasteiger partial charge on any atom is 0.261 e. The molecule has 2 N–H and O–H groups in total. The number of ether oxygens (including phenoxy) is 2. The van der Waals surface area contributed by atoms with E-state index in [4.69, 9.17) is 9.47 Å². The third-order valence-corrected chi connectivity index (χ3v) is 5.98. The number of hydrogen-bond acceptors (Lipinski definition) is 6. The van der Waals surface area contributed by atoms with Crippen LogP contribution in [0.5, 0.6) is 5.75 Å². The number of para-hydroxylation sites is 1. The lowest BCUT2D eigenvalue weighted by molar-refractivity contribution is -0.148. The van der Waals surface area contributed by atoms with Crippen LogP contribution in [0.4, 0.5) is 0 Å². The molecule has 1 fully saturated rings. The summed E-state index contributed by atoms with van der Waals surface area (Å²) in [5, 5.41) is 15.8. The maximum atomic E-state index is 13.0. The van der Waals surface area contributed by atoms with E-state index >= 15 is 0 Å². The standard InChI is InChI=1S/C21H26N2O5S/c1-21(26)10-11-23(18(25)14-28-15-7-4-3-5-8-15)19(16-9-6-12-29-16)20(21)22-17(24)13-27-2/h3-9,12,19-20,26H,10-11,13-14H2,1-2H3,(H,22,24). The Kier molecular flexibility index (Phi) is 6.89. The van der Waals surface area contributed by atoms with E-state index in [9.17, 15) is 14.7 Å². The number of hydrogen-bond donors (Lipinski definition) is 2. The number of carbonyl (C=O) groups is 2. The molecular formula is C21H26N2O5S. The number of aliphatic hydroxyl groups is 1. The minimum Gasteiger partial charge on any atom is -0.484 e. The normalized spacial score (nSPS) is 24.2. The van der Waals surface area contributed by atoms with Gasteiger partial charge in [-0.1, -0.05) is 24.3 Å². The van der Waals surface area contributed by atoms with Crippen molar-refractivity contribution in [3.63, 3.8) is 0 Å². The molecule has 1 aromatic carbocycles.